The summed E-state index contributed by atoms with van der Waals surface area (Å²) in [6.45, 7) is 2.67. The summed E-state index contributed by atoms with van der Waals surface area (Å²) >= 11 is 0. The Hall–Kier alpha value is -2.76. The Morgan fingerprint density at radius 2 is 2.23 bits per heavy atom. The summed E-state index contributed by atoms with van der Waals surface area (Å²) in [5, 5.41) is 2.66. The molecule has 6 nitrogen and oxygen atoms in total. The molecule has 3 rings (SSSR count). The molecule has 0 spiro atoms. The molecule has 2 aromatic rings. The van der Waals surface area contributed by atoms with Crippen molar-refractivity contribution in [3.8, 4) is 0 Å². The topological polar surface area (TPSA) is 71.8 Å². The number of hydrogen-bond donors (Lipinski definition) is 1. The van der Waals surface area contributed by atoms with E-state index in [-0.39, 0.29) is 5.91 Å². The Kier molecular flexibility index (Phi) is 3.82. The minimum absolute atomic E-state index is 0.158. The molecule has 1 aromatic heterocycles. The van der Waals surface area contributed by atoms with Crippen molar-refractivity contribution in [1.82, 2.24) is 0 Å². The van der Waals surface area contributed by atoms with Crippen molar-refractivity contribution in [3.63, 3.8) is 0 Å². The fraction of sp³-hybridized carbons (Fsp3) is 0.250. The van der Waals surface area contributed by atoms with Crippen LogP contribution in [0.25, 0.3) is 0 Å². The van der Waals surface area contributed by atoms with Gasteiger partial charge in [-0.3, -0.25) is 10.1 Å². The van der Waals surface area contributed by atoms with Gasteiger partial charge in [0.25, 0.3) is 5.91 Å². The third-order valence-electron chi connectivity index (χ3n) is 3.47. The van der Waals surface area contributed by atoms with Crippen LogP contribution in [0.3, 0.4) is 0 Å². The van der Waals surface area contributed by atoms with E-state index in [1.807, 2.05) is 12.1 Å². The highest BCUT2D eigenvalue weighted by molar-refractivity contribution is 6.05. The zero-order valence-corrected chi connectivity index (χ0v) is 12.2. The molecule has 0 radical (unpaired) electrons. The van der Waals surface area contributed by atoms with E-state index in [9.17, 15) is 9.59 Å². The van der Waals surface area contributed by atoms with Crippen molar-refractivity contribution in [2.24, 2.45) is 0 Å². The Morgan fingerprint density at radius 1 is 1.36 bits per heavy atom. The van der Waals surface area contributed by atoms with Crippen molar-refractivity contribution in [2.75, 3.05) is 23.4 Å². The third kappa shape index (κ3) is 2.67. The third-order valence-corrected chi connectivity index (χ3v) is 3.47. The number of nitrogens with zero attached hydrogens (tertiary/aromatic N) is 1. The predicted molar refractivity (Wildman–Crippen MR) is 81.2 cm³/mol. The van der Waals surface area contributed by atoms with E-state index in [1.165, 1.54) is 6.26 Å². The number of furan rings is 1. The van der Waals surface area contributed by atoms with Gasteiger partial charge in [0.05, 0.1) is 12.9 Å². The molecular formula is C16H16N2O4. The maximum absolute atomic E-state index is 12.4. The normalized spacial score (nSPS) is 12.9. The number of benzene rings is 1. The van der Waals surface area contributed by atoms with Gasteiger partial charge in [-0.2, -0.15) is 0 Å². The van der Waals surface area contributed by atoms with Gasteiger partial charge in [0, 0.05) is 17.9 Å². The number of carbonyl (C=O) groups is 2. The average Bonchev–Trinajstić information content (AvgIpc) is 3.16. The van der Waals surface area contributed by atoms with Crippen LogP contribution in [0.1, 0.15) is 23.0 Å². The van der Waals surface area contributed by atoms with E-state index in [2.05, 4.69) is 5.32 Å². The second-order valence-electron chi connectivity index (χ2n) is 4.87. The number of hydrogen-bond acceptors (Lipinski definition) is 4. The fourth-order valence-electron chi connectivity index (χ4n) is 2.51. The lowest BCUT2D eigenvalue weighted by atomic mass is 10.1. The maximum atomic E-state index is 12.4. The summed E-state index contributed by atoms with van der Waals surface area (Å²) < 4.78 is 10.0. The standard InChI is InChI=1S/C16H16N2O4/c1-2-21-16(20)17-12-5-6-13-11(10-12)7-8-18(13)15(19)14-4-3-9-22-14/h3-6,9-10H,2,7-8H2,1H3,(H,17,20). The van der Waals surface area contributed by atoms with E-state index in [1.54, 1.807) is 30.0 Å². The van der Waals surface area contributed by atoms with Gasteiger partial charge in [0.2, 0.25) is 0 Å². The Labute approximate surface area is 127 Å². The molecule has 1 aliphatic rings. The van der Waals surface area contributed by atoms with Crippen LogP contribution < -0.4 is 10.2 Å². The lowest BCUT2D eigenvalue weighted by Gasteiger charge is -2.16. The number of amides is 2. The van der Waals surface area contributed by atoms with Crippen molar-refractivity contribution in [2.45, 2.75) is 13.3 Å². The van der Waals surface area contributed by atoms with E-state index < -0.39 is 6.09 Å². The van der Waals surface area contributed by atoms with Gasteiger partial charge in [0.1, 0.15) is 0 Å². The first-order valence-electron chi connectivity index (χ1n) is 7.11. The molecule has 114 valence electrons. The second kappa shape index (κ2) is 5.93. The van der Waals surface area contributed by atoms with Crippen LogP contribution in [0.5, 0.6) is 0 Å². The molecule has 0 unspecified atom stereocenters. The predicted octanol–water partition coefficient (Wildman–Crippen LogP) is 3.05. The van der Waals surface area contributed by atoms with Gasteiger partial charge >= 0.3 is 6.09 Å². The number of carbonyl (C=O) groups excluding carboxylic acids is 2. The van der Waals surface area contributed by atoms with Gasteiger partial charge in [-0.15, -0.1) is 0 Å². The molecule has 22 heavy (non-hydrogen) atoms. The average molecular weight is 300 g/mol. The molecule has 0 bridgehead atoms. The summed E-state index contributed by atoms with van der Waals surface area (Å²) in [4.78, 5) is 25.5. The molecule has 6 heteroatoms. The van der Waals surface area contributed by atoms with Crippen molar-refractivity contribution < 1.29 is 18.7 Å². The van der Waals surface area contributed by atoms with E-state index in [0.29, 0.717) is 24.6 Å². The van der Waals surface area contributed by atoms with Gasteiger partial charge in [-0.05, 0) is 49.2 Å². The summed E-state index contributed by atoms with van der Waals surface area (Å²) in [6.07, 6.45) is 1.74. The molecular weight excluding hydrogens is 284 g/mol. The number of rotatable bonds is 3. The molecule has 0 fully saturated rings. The Bertz CT molecular complexity index is 694. The van der Waals surface area contributed by atoms with Crippen LogP contribution >= 0.6 is 0 Å². The van der Waals surface area contributed by atoms with Crippen LogP contribution in [-0.2, 0) is 11.2 Å². The lowest BCUT2D eigenvalue weighted by Crippen LogP contribution is -2.28. The molecule has 1 N–H and O–H groups in total. The first-order valence-corrected chi connectivity index (χ1v) is 7.11. The van der Waals surface area contributed by atoms with E-state index >= 15 is 0 Å². The largest absolute Gasteiger partial charge is 0.459 e. The first-order chi connectivity index (χ1) is 10.7. The highest BCUT2D eigenvalue weighted by Gasteiger charge is 2.27. The first kappa shape index (κ1) is 14.2. The monoisotopic (exact) mass is 300 g/mol. The van der Waals surface area contributed by atoms with Crippen molar-refractivity contribution >= 4 is 23.4 Å². The van der Waals surface area contributed by atoms with Gasteiger partial charge in [-0.25, -0.2) is 4.79 Å². The van der Waals surface area contributed by atoms with Crippen LogP contribution in [-0.4, -0.2) is 25.2 Å². The highest BCUT2D eigenvalue weighted by atomic mass is 16.5. The fourth-order valence-corrected chi connectivity index (χ4v) is 2.51. The minimum atomic E-state index is -0.482. The number of ether oxygens (including phenoxy) is 1. The quantitative estimate of drug-likeness (QED) is 0.945. The van der Waals surface area contributed by atoms with Gasteiger partial charge in [-0.1, -0.05) is 0 Å². The van der Waals surface area contributed by atoms with Gasteiger partial charge in [0.15, 0.2) is 5.76 Å². The van der Waals surface area contributed by atoms with Crippen LogP contribution in [0, 0.1) is 0 Å². The summed E-state index contributed by atoms with van der Waals surface area (Å²) in [6, 6.07) is 8.78. The van der Waals surface area contributed by atoms with Crippen molar-refractivity contribution in [3.05, 3.63) is 47.9 Å². The van der Waals surface area contributed by atoms with Crippen LogP contribution in [0.2, 0.25) is 0 Å². The summed E-state index contributed by atoms with van der Waals surface area (Å²) in [5.74, 6) is 0.163. The number of nitrogens with one attached hydrogen (secondary N) is 1. The Morgan fingerprint density at radius 3 is 2.95 bits per heavy atom. The van der Waals surface area contributed by atoms with Gasteiger partial charge < -0.3 is 14.1 Å². The highest BCUT2D eigenvalue weighted by Crippen LogP contribution is 2.31. The zero-order chi connectivity index (χ0) is 15.5. The van der Waals surface area contributed by atoms with Crippen LogP contribution in [0.4, 0.5) is 16.2 Å². The summed E-state index contributed by atoms with van der Waals surface area (Å²) in [7, 11) is 0. The Balaban J connectivity index is 1.78. The van der Waals surface area contributed by atoms with E-state index in [4.69, 9.17) is 9.15 Å². The smallest absolute Gasteiger partial charge is 0.411 e. The SMILES string of the molecule is CCOC(=O)Nc1ccc2c(c1)CCN2C(=O)c1ccco1. The van der Waals surface area contributed by atoms with Crippen molar-refractivity contribution in [1.29, 1.82) is 0 Å². The van der Waals surface area contributed by atoms with E-state index in [0.717, 1.165) is 17.7 Å². The molecule has 1 aliphatic heterocycles. The summed E-state index contributed by atoms with van der Waals surface area (Å²) in [5.41, 5.74) is 2.51. The zero-order valence-electron chi connectivity index (χ0n) is 12.2. The molecule has 0 saturated heterocycles. The molecule has 2 amide bonds. The lowest BCUT2D eigenvalue weighted by molar-refractivity contribution is 0.0962. The molecule has 0 saturated carbocycles. The minimum Gasteiger partial charge on any atom is -0.459 e. The molecule has 1 aromatic carbocycles. The molecule has 0 aliphatic carbocycles. The maximum Gasteiger partial charge on any atom is 0.411 e. The number of anilines is 2. The molecule has 2 heterocycles. The molecule has 0 atom stereocenters. The van der Waals surface area contributed by atoms with Crippen LogP contribution in [0.15, 0.2) is 41.0 Å². The number of fused-ring (bicyclic) bond motifs is 1. The second-order valence-corrected chi connectivity index (χ2v) is 4.87.